The number of anilines is 1. The van der Waals surface area contributed by atoms with E-state index < -0.39 is 0 Å². The van der Waals surface area contributed by atoms with Crippen molar-refractivity contribution in [2.24, 2.45) is 5.73 Å². The smallest absolute Gasteiger partial charge is 0.0431 e. The molecule has 0 aliphatic carbocycles. The normalized spacial score (nSPS) is 14.1. The Morgan fingerprint density at radius 2 is 1.90 bits per heavy atom. The van der Waals surface area contributed by atoms with Gasteiger partial charge in [0.15, 0.2) is 0 Å². The standard InChI is InChI=1S/C19H24N2/c1-15-18(14-20)10-9-17-8-5-12-21(19(15)17)13-11-16-6-3-2-4-7-16/h2-4,6-7,9-10H,5,8,11-14,20H2,1H3. The molecule has 1 aliphatic rings. The zero-order valence-electron chi connectivity index (χ0n) is 12.8. The largest absolute Gasteiger partial charge is 0.371 e. The molecule has 1 aliphatic heterocycles. The van der Waals surface area contributed by atoms with E-state index in [2.05, 4.69) is 54.3 Å². The first-order chi connectivity index (χ1) is 10.3. The third-order valence-electron chi connectivity index (χ3n) is 4.55. The van der Waals surface area contributed by atoms with Crippen molar-refractivity contribution < 1.29 is 0 Å². The second-order valence-corrected chi connectivity index (χ2v) is 5.89. The van der Waals surface area contributed by atoms with Crippen LogP contribution in [-0.2, 0) is 19.4 Å². The van der Waals surface area contributed by atoms with Crippen LogP contribution >= 0.6 is 0 Å². The van der Waals surface area contributed by atoms with Crippen LogP contribution in [0.15, 0.2) is 42.5 Å². The molecule has 2 aromatic rings. The molecule has 2 N–H and O–H groups in total. The molecular formula is C19H24N2. The highest BCUT2D eigenvalue weighted by molar-refractivity contribution is 5.63. The lowest BCUT2D eigenvalue weighted by molar-refractivity contribution is 0.684. The SMILES string of the molecule is Cc1c(CN)ccc2c1N(CCc1ccccc1)CCC2. The lowest BCUT2D eigenvalue weighted by Gasteiger charge is -2.33. The Bertz CT molecular complexity index is 604. The fraction of sp³-hybridized carbons (Fsp3) is 0.368. The number of nitrogens with zero attached hydrogens (tertiary/aromatic N) is 1. The Hall–Kier alpha value is -1.80. The minimum absolute atomic E-state index is 0.631. The Balaban J connectivity index is 1.83. The van der Waals surface area contributed by atoms with Gasteiger partial charge in [-0.25, -0.2) is 0 Å². The summed E-state index contributed by atoms with van der Waals surface area (Å²) in [7, 11) is 0. The summed E-state index contributed by atoms with van der Waals surface area (Å²) in [5.74, 6) is 0. The van der Waals surface area contributed by atoms with Gasteiger partial charge in [-0.2, -0.15) is 0 Å². The Morgan fingerprint density at radius 3 is 2.67 bits per heavy atom. The molecule has 2 nitrogen and oxygen atoms in total. The van der Waals surface area contributed by atoms with E-state index in [-0.39, 0.29) is 0 Å². The fourth-order valence-electron chi connectivity index (χ4n) is 3.37. The van der Waals surface area contributed by atoms with Crippen LogP contribution in [0.1, 0.15) is 28.7 Å². The van der Waals surface area contributed by atoms with Crippen molar-refractivity contribution in [1.29, 1.82) is 0 Å². The minimum Gasteiger partial charge on any atom is -0.371 e. The zero-order valence-corrected chi connectivity index (χ0v) is 12.8. The van der Waals surface area contributed by atoms with E-state index in [4.69, 9.17) is 5.73 Å². The predicted octanol–water partition coefficient (Wildman–Crippen LogP) is 3.45. The number of benzene rings is 2. The number of fused-ring (bicyclic) bond motifs is 1. The highest BCUT2D eigenvalue weighted by Crippen LogP contribution is 2.32. The predicted molar refractivity (Wildman–Crippen MR) is 89.8 cm³/mol. The van der Waals surface area contributed by atoms with Crippen LogP contribution in [0.3, 0.4) is 0 Å². The molecule has 3 rings (SSSR count). The fourth-order valence-corrected chi connectivity index (χ4v) is 3.37. The van der Waals surface area contributed by atoms with Gasteiger partial charge in [0, 0.05) is 25.3 Å². The minimum atomic E-state index is 0.631. The summed E-state index contributed by atoms with van der Waals surface area (Å²) in [5.41, 5.74) is 12.9. The van der Waals surface area contributed by atoms with Crippen molar-refractivity contribution in [3.05, 3.63) is 64.7 Å². The second kappa shape index (κ2) is 6.31. The topological polar surface area (TPSA) is 29.3 Å². The van der Waals surface area contributed by atoms with E-state index in [1.807, 2.05) is 0 Å². The lowest BCUT2D eigenvalue weighted by atomic mass is 9.94. The van der Waals surface area contributed by atoms with Crippen LogP contribution in [0, 0.1) is 6.92 Å². The number of hydrogen-bond donors (Lipinski definition) is 1. The molecule has 0 saturated carbocycles. The van der Waals surface area contributed by atoms with E-state index >= 15 is 0 Å². The van der Waals surface area contributed by atoms with Crippen molar-refractivity contribution in [3.63, 3.8) is 0 Å². The molecule has 0 saturated heterocycles. The van der Waals surface area contributed by atoms with E-state index in [9.17, 15) is 0 Å². The summed E-state index contributed by atoms with van der Waals surface area (Å²) in [6, 6.07) is 15.2. The maximum atomic E-state index is 5.88. The lowest BCUT2D eigenvalue weighted by Crippen LogP contribution is -2.32. The Labute approximate surface area is 127 Å². The van der Waals surface area contributed by atoms with Gasteiger partial charge in [-0.3, -0.25) is 0 Å². The van der Waals surface area contributed by atoms with Gasteiger partial charge in [0.2, 0.25) is 0 Å². The average Bonchev–Trinajstić information content (AvgIpc) is 2.54. The summed E-state index contributed by atoms with van der Waals surface area (Å²) < 4.78 is 0. The van der Waals surface area contributed by atoms with Crippen molar-refractivity contribution in [1.82, 2.24) is 0 Å². The summed E-state index contributed by atoms with van der Waals surface area (Å²) in [4.78, 5) is 2.56. The third-order valence-corrected chi connectivity index (χ3v) is 4.55. The first-order valence-electron chi connectivity index (χ1n) is 7.90. The number of aryl methyl sites for hydroxylation is 1. The van der Waals surface area contributed by atoms with E-state index in [0.29, 0.717) is 6.54 Å². The van der Waals surface area contributed by atoms with E-state index in [0.717, 1.165) is 19.5 Å². The maximum absolute atomic E-state index is 5.88. The summed E-state index contributed by atoms with van der Waals surface area (Å²) in [6.07, 6.45) is 3.55. The van der Waals surface area contributed by atoms with Crippen LogP contribution in [0.25, 0.3) is 0 Å². The molecular weight excluding hydrogens is 256 g/mol. The van der Waals surface area contributed by atoms with Gasteiger partial charge < -0.3 is 10.6 Å². The molecule has 2 aromatic carbocycles. The van der Waals surface area contributed by atoms with Crippen molar-refractivity contribution in [2.75, 3.05) is 18.0 Å². The Kier molecular flexibility index (Phi) is 4.26. The van der Waals surface area contributed by atoms with Gasteiger partial charge in [0.25, 0.3) is 0 Å². The van der Waals surface area contributed by atoms with Gasteiger partial charge in [-0.05, 0) is 48.4 Å². The monoisotopic (exact) mass is 280 g/mol. The molecule has 0 atom stereocenters. The molecule has 1 heterocycles. The first-order valence-corrected chi connectivity index (χ1v) is 7.90. The molecule has 0 amide bonds. The van der Waals surface area contributed by atoms with Gasteiger partial charge in [-0.1, -0.05) is 42.5 Å². The molecule has 0 unspecified atom stereocenters. The molecule has 0 aromatic heterocycles. The van der Waals surface area contributed by atoms with Crippen LogP contribution < -0.4 is 10.6 Å². The average molecular weight is 280 g/mol. The number of nitrogens with two attached hydrogens (primary N) is 1. The van der Waals surface area contributed by atoms with Crippen molar-refractivity contribution in [2.45, 2.75) is 32.7 Å². The molecule has 0 spiro atoms. The highest BCUT2D eigenvalue weighted by atomic mass is 15.1. The zero-order chi connectivity index (χ0) is 14.7. The maximum Gasteiger partial charge on any atom is 0.0431 e. The van der Waals surface area contributed by atoms with E-state index in [1.165, 1.54) is 40.8 Å². The van der Waals surface area contributed by atoms with Gasteiger partial charge >= 0.3 is 0 Å². The molecule has 0 radical (unpaired) electrons. The van der Waals surface area contributed by atoms with Gasteiger partial charge in [0.1, 0.15) is 0 Å². The summed E-state index contributed by atoms with van der Waals surface area (Å²) in [5, 5.41) is 0. The van der Waals surface area contributed by atoms with Crippen LogP contribution in [0.2, 0.25) is 0 Å². The molecule has 2 heteroatoms. The summed E-state index contributed by atoms with van der Waals surface area (Å²) in [6.45, 7) is 5.11. The van der Waals surface area contributed by atoms with Crippen LogP contribution in [-0.4, -0.2) is 13.1 Å². The van der Waals surface area contributed by atoms with Crippen molar-refractivity contribution >= 4 is 5.69 Å². The summed E-state index contributed by atoms with van der Waals surface area (Å²) >= 11 is 0. The molecule has 0 fully saturated rings. The highest BCUT2D eigenvalue weighted by Gasteiger charge is 2.19. The van der Waals surface area contributed by atoms with Crippen LogP contribution in [0.4, 0.5) is 5.69 Å². The number of rotatable bonds is 4. The number of hydrogen-bond acceptors (Lipinski definition) is 2. The van der Waals surface area contributed by atoms with Crippen molar-refractivity contribution in [3.8, 4) is 0 Å². The van der Waals surface area contributed by atoms with Crippen LogP contribution in [0.5, 0.6) is 0 Å². The van der Waals surface area contributed by atoms with E-state index in [1.54, 1.807) is 0 Å². The molecule has 21 heavy (non-hydrogen) atoms. The van der Waals surface area contributed by atoms with Gasteiger partial charge in [0.05, 0.1) is 0 Å². The Morgan fingerprint density at radius 1 is 1.10 bits per heavy atom. The van der Waals surface area contributed by atoms with Gasteiger partial charge in [-0.15, -0.1) is 0 Å². The third kappa shape index (κ3) is 2.96. The molecule has 0 bridgehead atoms. The molecule has 110 valence electrons. The second-order valence-electron chi connectivity index (χ2n) is 5.89. The first kappa shape index (κ1) is 14.2. The quantitative estimate of drug-likeness (QED) is 0.929.